The molecular formula is C19H18FN3O2. The number of nitrogens with one attached hydrogen (secondary N) is 1. The van der Waals surface area contributed by atoms with Gasteiger partial charge in [0.05, 0.1) is 5.60 Å². The molecule has 0 unspecified atom stereocenters. The number of benzene rings is 1. The number of amides is 1. The average molecular weight is 339 g/mol. The van der Waals surface area contributed by atoms with E-state index in [-0.39, 0.29) is 5.56 Å². The van der Waals surface area contributed by atoms with Crippen molar-refractivity contribution in [3.8, 4) is 11.1 Å². The minimum absolute atomic E-state index is 0.233. The number of hydrogen-bond donors (Lipinski definition) is 3. The van der Waals surface area contributed by atoms with E-state index < -0.39 is 17.3 Å². The molecule has 1 aromatic carbocycles. The summed E-state index contributed by atoms with van der Waals surface area (Å²) in [6, 6.07) is 6.55. The normalized spacial score (nSPS) is 12.2. The van der Waals surface area contributed by atoms with Crippen LogP contribution in [0.4, 0.5) is 4.39 Å². The number of aromatic nitrogens is 2. The van der Waals surface area contributed by atoms with Crippen molar-refractivity contribution >= 4 is 23.0 Å². The first-order valence-corrected chi connectivity index (χ1v) is 7.73. The maximum absolute atomic E-state index is 14.3. The van der Waals surface area contributed by atoms with Crippen molar-refractivity contribution in [3.05, 3.63) is 59.7 Å². The fraction of sp³-hybridized carbons (Fsp3) is 0.158. The zero-order chi connectivity index (χ0) is 18.2. The molecule has 128 valence electrons. The first-order chi connectivity index (χ1) is 11.8. The minimum atomic E-state index is -1.25. The second kappa shape index (κ2) is 6.14. The first kappa shape index (κ1) is 16.9. The Balaban J connectivity index is 2.06. The van der Waals surface area contributed by atoms with Crippen molar-refractivity contribution < 1.29 is 14.3 Å². The number of primary amides is 1. The molecule has 0 aliphatic carbocycles. The topological polar surface area (TPSA) is 92.0 Å². The van der Waals surface area contributed by atoms with Crippen molar-refractivity contribution in [2.75, 3.05) is 0 Å². The van der Waals surface area contributed by atoms with Crippen LogP contribution in [0.15, 0.2) is 42.7 Å². The fourth-order valence-corrected chi connectivity index (χ4v) is 2.68. The SMILES string of the molecule is CC(C)(O)c1ccc(-c2cnc3[nH]cc(C=CC(N)=O)c3c2)cc1F. The van der Waals surface area contributed by atoms with Gasteiger partial charge in [0.1, 0.15) is 11.5 Å². The van der Waals surface area contributed by atoms with Gasteiger partial charge in [0.25, 0.3) is 0 Å². The number of hydrogen-bond acceptors (Lipinski definition) is 3. The molecule has 0 aliphatic heterocycles. The van der Waals surface area contributed by atoms with Crippen LogP contribution in [-0.4, -0.2) is 21.0 Å². The highest BCUT2D eigenvalue weighted by molar-refractivity contribution is 5.95. The third-order valence-electron chi connectivity index (χ3n) is 3.95. The number of halogens is 1. The molecule has 4 N–H and O–H groups in total. The number of nitrogens with two attached hydrogens (primary N) is 1. The van der Waals surface area contributed by atoms with Gasteiger partial charge in [-0.1, -0.05) is 12.1 Å². The summed E-state index contributed by atoms with van der Waals surface area (Å²) in [5, 5.41) is 10.8. The van der Waals surface area contributed by atoms with Crippen LogP contribution < -0.4 is 5.73 Å². The van der Waals surface area contributed by atoms with Crippen LogP contribution in [0, 0.1) is 5.82 Å². The molecule has 6 heteroatoms. The highest BCUT2D eigenvalue weighted by atomic mass is 19.1. The summed E-state index contributed by atoms with van der Waals surface area (Å²) in [6.07, 6.45) is 6.23. The average Bonchev–Trinajstić information content (AvgIpc) is 2.93. The molecule has 0 saturated carbocycles. The molecule has 2 aromatic heterocycles. The van der Waals surface area contributed by atoms with Gasteiger partial charge in [0.15, 0.2) is 0 Å². The van der Waals surface area contributed by atoms with E-state index in [1.165, 1.54) is 26.0 Å². The lowest BCUT2D eigenvalue weighted by Crippen LogP contribution is -2.17. The van der Waals surface area contributed by atoms with Crippen LogP contribution in [0.5, 0.6) is 0 Å². The van der Waals surface area contributed by atoms with Crippen molar-refractivity contribution in [3.63, 3.8) is 0 Å². The van der Waals surface area contributed by atoms with Gasteiger partial charge in [0, 0.05) is 40.5 Å². The second-order valence-electron chi connectivity index (χ2n) is 6.35. The van der Waals surface area contributed by atoms with Gasteiger partial charge in [-0.25, -0.2) is 9.37 Å². The summed E-state index contributed by atoms with van der Waals surface area (Å²) in [4.78, 5) is 18.3. The number of pyridine rings is 1. The van der Waals surface area contributed by atoms with E-state index in [0.29, 0.717) is 11.2 Å². The summed E-state index contributed by atoms with van der Waals surface area (Å²) in [7, 11) is 0. The quantitative estimate of drug-likeness (QED) is 0.638. The zero-order valence-corrected chi connectivity index (χ0v) is 13.9. The van der Waals surface area contributed by atoms with Gasteiger partial charge in [-0.15, -0.1) is 0 Å². The summed E-state index contributed by atoms with van der Waals surface area (Å²) >= 11 is 0. The lowest BCUT2D eigenvalue weighted by molar-refractivity contribution is -0.113. The number of aromatic amines is 1. The lowest BCUT2D eigenvalue weighted by atomic mass is 9.95. The Bertz CT molecular complexity index is 984. The van der Waals surface area contributed by atoms with Crippen LogP contribution in [0.1, 0.15) is 25.0 Å². The van der Waals surface area contributed by atoms with Gasteiger partial charge >= 0.3 is 0 Å². The number of carbonyl (C=O) groups excluding carboxylic acids is 1. The number of carbonyl (C=O) groups is 1. The van der Waals surface area contributed by atoms with Crippen LogP contribution in [0.25, 0.3) is 28.2 Å². The maximum atomic E-state index is 14.3. The van der Waals surface area contributed by atoms with Crippen molar-refractivity contribution in [2.45, 2.75) is 19.4 Å². The predicted octanol–water partition coefficient (Wildman–Crippen LogP) is 3.09. The van der Waals surface area contributed by atoms with Crippen molar-refractivity contribution in [1.29, 1.82) is 0 Å². The van der Waals surface area contributed by atoms with Crippen LogP contribution in [0.2, 0.25) is 0 Å². The predicted molar refractivity (Wildman–Crippen MR) is 95.0 cm³/mol. The van der Waals surface area contributed by atoms with E-state index in [0.717, 1.165) is 16.5 Å². The molecule has 0 aliphatic rings. The molecule has 3 aromatic rings. The van der Waals surface area contributed by atoms with E-state index in [1.54, 1.807) is 30.6 Å². The molecule has 0 bridgehead atoms. The summed E-state index contributed by atoms with van der Waals surface area (Å²) in [5.74, 6) is -1.02. The van der Waals surface area contributed by atoms with Crippen LogP contribution in [-0.2, 0) is 10.4 Å². The summed E-state index contributed by atoms with van der Waals surface area (Å²) < 4.78 is 14.3. The Morgan fingerprint density at radius 1 is 1.32 bits per heavy atom. The van der Waals surface area contributed by atoms with Gasteiger partial charge in [-0.05, 0) is 37.6 Å². The molecule has 5 nitrogen and oxygen atoms in total. The maximum Gasteiger partial charge on any atom is 0.241 e. The lowest BCUT2D eigenvalue weighted by Gasteiger charge is -2.19. The molecule has 1 amide bonds. The second-order valence-corrected chi connectivity index (χ2v) is 6.35. The highest BCUT2D eigenvalue weighted by Crippen LogP contribution is 2.29. The molecule has 0 radical (unpaired) electrons. The molecule has 0 saturated heterocycles. The molecule has 25 heavy (non-hydrogen) atoms. The number of aliphatic hydroxyl groups is 1. The Kier molecular flexibility index (Phi) is 4.14. The minimum Gasteiger partial charge on any atom is -0.386 e. The third-order valence-corrected chi connectivity index (χ3v) is 3.95. The number of fused-ring (bicyclic) bond motifs is 1. The summed E-state index contributed by atoms with van der Waals surface area (Å²) in [5.41, 5.74) is 6.89. The fourth-order valence-electron chi connectivity index (χ4n) is 2.68. The van der Waals surface area contributed by atoms with Gasteiger partial charge < -0.3 is 15.8 Å². The number of H-pyrrole nitrogens is 1. The zero-order valence-electron chi connectivity index (χ0n) is 13.9. The molecule has 0 atom stereocenters. The van der Waals surface area contributed by atoms with Gasteiger partial charge in [-0.3, -0.25) is 4.79 Å². The van der Waals surface area contributed by atoms with Gasteiger partial charge in [0.2, 0.25) is 5.91 Å². The van der Waals surface area contributed by atoms with Crippen LogP contribution >= 0.6 is 0 Å². The molecule has 0 spiro atoms. The molecule has 3 rings (SSSR count). The van der Waals surface area contributed by atoms with E-state index in [9.17, 15) is 14.3 Å². The van der Waals surface area contributed by atoms with E-state index in [4.69, 9.17) is 5.73 Å². The smallest absolute Gasteiger partial charge is 0.241 e. The number of nitrogens with zero attached hydrogens (tertiary/aromatic N) is 1. The Morgan fingerprint density at radius 2 is 2.08 bits per heavy atom. The third kappa shape index (κ3) is 3.44. The van der Waals surface area contributed by atoms with Crippen LogP contribution in [0.3, 0.4) is 0 Å². The molecule has 2 heterocycles. The Labute approximate surface area is 144 Å². The van der Waals surface area contributed by atoms with E-state index in [2.05, 4.69) is 9.97 Å². The first-order valence-electron chi connectivity index (χ1n) is 7.73. The van der Waals surface area contributed by atoms with Gasteiger partial charge in [-0.2, -0.15) is 0 Å². The number of rotatable bonds is 4. The van der Waals surface area contributed by atoms with E-state index in [1.807, 2.05) is 6.07 Å². The molecule has 0 fully saturated rings. The van der Waals surface area contributed by atoms with E-state index >= 15 is 0 Å². The standard InChI is InChI=1S/C19H18FN3O2/c1-19(2,25)15-5-3-11(8-16(15)20)13-7-14-12(4-6-17(21)24)9-22-18(14)23-10-13/h3-10,25H,1-2H3,(H2,21,24)(H,22,23). The van der Waals surface area contributed by atoms with Crippen molar-refractivity contribution in [2.24, 2.45) is 5.73 Å². The Morgan fingerprint density at radius 3 is 2.72 bits per heavy atom. The largest absolute Gasteiger partial charge is 0.386 e. The highest BCUT2D eigenvalue weighted by Gasteiger charge is 2.20. The molecular weight excluding hydrogens is 321 g/mol. The van der Waals surface area contributed by atoms with Crippen molar-refractivity contribution in [1.82, 2.24) is 9.97 Å². The monoisotopic (exact) mass is 339 g/mol. The summed E-state index contributed by atoms with van der Waals surface area (Å²) in [6.45, 7) is 3.08. The Hall–Kier alpha value is -2.99.